The number of sulfone groups is 1. The first-order chi connectivity index (χ1) is 11.4. The van der Waals surface area contributed by atoms with Gasteiger partial charge in [0.15, 0.2) is 9.84 Å². The van der Waals surface area contributed by atoms with Gasteiger partial charge in [-0.15, -0.1) is 0 Å². The molecular formula is C16H25N3O4S. The van der Waals surface area contributed by atoms with E-state index in [9.17, 15) is 13.2 Å². The van der Waals surface area contributed by atoms with Crippen molar-refractivity contribution >= 4 is 15.7 Å². The first-order valence-electron chi connectivity index (χ1n) is 7.97. The van der Waals surface area contributed by atoms with Gasteiger partial charge in [-0.2, -0.15) is 0 Å². The van der Waals surface area contributed by atoms with Gasteiger partial charge in [-0.3, -0.25) is 14.7 Å². The second-order valence-electron chi connectivity index (χ2n) is 6.14. The molecule has 24 heavy (non-hydrogen) atoms. The van der Waals surface area contributed by atoms with Crippen LogP contribution >= 0.6 is 0 Å². The van der Waals surface area contributed by atoms with Crippen molar-refractivity contribution in [2.45, 2.75) is 19.0 Å². The molecule has 0 bridgehead atoms. The van der Waals surface area contributed by atoms with Crippen LogP contribution in [0.25, 0.3) is 0 Å². The largest absolute Gasteiger partial charge is 0.383 e. The van der Waals surface area contributed by atoms with Crippen LogP contribution < -0.4 is 0 Å². The number of amides is 1. The van der Waals surface area contributed by atoms with Crippen molar-refractivity contribution in [2.75, 3.05) is 45.4 Å². The monoisotopic (exact) mass is 355 g/mol. The number of likely N-dealkylation sites (N-methyl/N-ethyl adjacent to an activating group) is 1. The van der Waals surface area contributed by atoms with Crippen LogP contribution in [0.5, 0.6) is 0 Å². The lowest BCUT2D eigenvalue weighted by Gasteiger charge is -2.28. The number of carbonyl (C=O) groups is 1. The lowest BCUT2D eigenvalue weighted by Crippen LogP contribution is -2.44. The van der Waals surface area contributed by atoms with Crippen LogP contribution in [-0.2, 0) is 25.9 Å². The van der Waals surface area contributed by atoms with Crippen molar-refractivity contribution < 1.29 is 17.9 Å². The summed E-state index contributed by atoms with van der Waals surface area (Å²) in [6, 6.07) is 3.68. The second kappa shape index (κ2) is 8.55. The highest BCUT2D eigenvalue weighted by Gasteiger charge is 2.31. The molecule has 0 saturated carbocycles. The Morgan fingerprint density at radius 1 is 1.46 bits per heavy atom. The van der Waals surface area contributed by atoms with Gasteiger partial charge >= 0.3 is 0 Å². The number of hydrogen-bond donors (Lipinski definition) is 0. The van der Waals surface area contributed by atoms with Crippen molar-refractivity contribution in [1.82, 2.24) is 14.8 Å². The molecule has 1 fully saturated rings. The number of hydrogen-bond acceptors (Lipinski definition) is 6. The average molecular weight is 355 g/mol. The SMILES string of the molecule is COCCN(Cc1cccnc1)C(=O)CN(C)C1CCS(=O)(=O)C1. The Labute approximate surface area is 143 Å². The number of rotatable bonds is 8. The summed E-state index contributed by atoms with van der Waals surface area (Å²) in [6.07, 6.45) is 4.02. The predicted molar refractivity (Wildman–Crippen MR) is 91.2 cm³/mol. The summed E-state index contributed by atoms with van der Waals surface area (Å²) in [5.74, 6) is 0.305. The fourth-order valence-corrected chi connectivity index (χ4v) is 4.58. The molecule has 0 radical (unpaired) electrons. The van der Waals surface area contributed by atoms with E-state index in [1.807, 2.05) is 24.1 Å². The lowest BCUT2D eigenvalue weighted by molar-refractivity contribution is -0.133. The first kappa shape index (κ1) is 18.8. The van der Waals surface area contributed by atoms with Crippen LogP contribution in [0, 0.1) is 0 Å². The van der Waals surface area contributed by atoms with Crippen LogP contribution in [0.1, 0.15) is 12.0 Å². The van der Waals surface area contributed by atoms with Gasteiger partial charge in [-0.05, 0) is 25.1 Å². The minimum Gasteiger partial charge on any atom is -0.383 e. The molecule has 1 atom stereocenters. The van der Waals surface area contributed by atoms with E-state index in [1.54, 1.807) is 24.4 Å². The average Bonchev–Trinajstić information content (AvgIpc) is 2.92. The molecule has 0 aromatic carbocycles. The number of pyridine rings is 1. The first-order valence-corrected chi connectivity index (χ1v) is 9.79. The highest BCUT2D eigenvalue weighted by atomic mass is 32.2. The third kappa shape index (κ3) is 5.54. The van der Waals surface area contributed by atoms with E-state index in [1.165, 1.54) is 0 Å². The predicted octanol–water partition coefficient (Wildman–Crippen LogP) is 0.176. The molecule has 1 aliphatic rings. The van der Waals surface area contributed by atoms with Gasteiger partial charge in [0.05, 0.1) is 24.7 Å². The lowest BCUT2D eigenvalue weighted by atomic mass is 10.2. The molecule has 8 heteroatoms. The molecule has 2 rings (SSSR count). The van der Waals surface area contributed by atoms with Gasteiger partial charge in [0.1, 0.15) is 0 Å². The number of ether oxygens (including phenoxy) is 1. The molecule has 7 nitrogen and oxygen atoms in total. The van der Waals surface area contributed by atoms with E-state index in [2.05, 4.69) is 4.98 Å². The summed E-state index contributed by atoms with van der Waals surface area (Å²) in [5, 5.41) is 0. The number of carbonyl (C=O) groups excluding carboxylic acids is 1. The van der Waals surface area contributed by atoms with Crippen molar-refractivity contribution in [2.24, 2.45) is 0 Å². The Bertz CT molecular complexity index is 636. The van der Waals surface area contributed by atoms with Crippen molar-refractivity contribution in [3.05, 3.63) is 30.1 Å². The summed E-state index contributed by atoms with van der Waals surface area (Å²) in [7, 11) is 0.453. The van der Waals surface area contributed by atoms with Gasteiger partial charge in [-0.25, -0.2) is 8.42 Å². The van der Waals surface area contributed by atoms with E-state index in [0.717, 1.165) is 5.56 Å². The fraction of sp³-hybridized carbons (Fsp3) is 0.625. The Balaban J connectivity index is 1.96. The van der Waals surface area contributed by atoms with E-state index >= 15 is 0 Å². The zero-order valence-electron chi connectivity index (χ0n) is 14.2. The third-order valence-electron chi connectivity index (χ3n) is 4.23. The highest BCUT2D eigenvalue weighted by molar-refractivity contribution is 7.91. The second-order valence-corrected chi connectivity index (χ2v) is 8.37. The van der Waals surface area contributed by atoms with Gasteiger partial charge in [-0.1, -0.05) is 6.07 Å². The van der Waals surface area contributed by atoms with E-state index < -0.39 is 9.84 Å². The minimum atomic E-state index is -2.95. The Kier molecular flexibility index (Phi) is 6.70. The summed E-state index contributed by atoms with van der Waals surface area (Å²) < 4.78 is 28.3. The maximum atomic E-state index is 12.6. The molecule has 1 aromatic rings. The third-order valence-corrected chi connectivity index (χ3v) is 5.98. The van der Waals surface area contributed by atoms with Crippen LogP contribution in [0.4, 0.5) is 0 Å². The van der Waals surface area contributed by atoms with Crippen molar-refractivity contribution in [3.63, 3.8) is 0 Å². The van der Waals surface area contributed by atoms with Crippen LogP contribution in [0.3, 0.4) is 0 Å². The minimum absolute atomic E-state index is 0.0392. The molecule has 134 valence electrons. The quantitative estimate of drug-likeness (QED) is 0.662. The maximum absolute atomic E-state index is 12.6. The van der Waals surface area contributed by atoms with Crippen LogP contribution in [0.15, 0.2) is 24.5 Å². The summed E-state index contributed by atoms with van der Waals surface area (Å²) in [4.78, 5) is 20.3. The Morgan fingerprint density at radius 2 is 2.25 bits per heavy atom. The molecule has 1 amide bonds. The molecule has 0 aliphatic carbocycles. The Morgan fingerprint density at radius 3 is 2.83 bits per heavy atom. The zero-order chi connectivity index (χ0) is 17.6. The van der Waals surface area contributed by atoms with Gasteiger partial charge in [0.2, 0.25) is 5.91 Å². The molecule has 2 heterocycles. The van der Waals surface area contributed by atoms with Crippen molar-refractivity contribution in [1.29, 1.82) is 0 Å². The van der Waals surface area contributed by atoms with Crippen LogP contribution in [0.2, 0.25) is 0 Å². The molecule has 1 aromatic heterocycles. The van der Waals surface area contributed by atoms with Crippen LogP contribution in [-0.4, -0.2) is 80.5 Å². The summed E-state index contributed by atoms with van der Waals surface area (Å²) >= 11 is 0. The number of methoxy groups -OCH3 is 1. The summed E-state index contributed by atoms with van der Waals surface area (Å²) in [5.41, 5.74) is 0.952. The van der Waals surface area contributed by atoms with E-state index in [0.29, 0.717) is 26.1 Å². The van der Waals surface area contributed by atoms with Gasteiger partial charge in [0.25, 0.3) is 0 Å². The van der Waals surface area contributed by atoms with E-state index in [4.69, 9.17) is 4.74 Å². The van der Waals surface area contributed by atoms with Gasteiger partial charge in [0, 0.05) is 38.6 Å². The molecule has 0 N–H and O–H groups in total. The maximum Gasteiger partial charge on any atom is 0.237 e. The topological polar surface area (TPSA) is 79.8 Å². The van der Waals surface area contributed by atoms with Gasteiger partial charge < -0.3 is 9.64 Å². The molecular weight excluding hydrogens is 330 g/mol. The summed E-state index contributed by atoms with van der Waals surface area (Å²) in [6.45, 7) is 1.60. The molecule has 1 unspecified atom stereocenters. The zero-order valence-corrected chi connectivity index (χ0v) is 15.0. The standard InChI is InChI=1S/C16H25N3O4S/c1-18(15-5-9-24(21,22)13-15)12-16(20)19(7-8-23-2)11-14-4-3-6-17-10-14/h3-4,6,10,15H,5,7-9,11-13H2,1-2H3. The van der Waals surface area contributed by atoms with E-state index in [-0.39, 0.29) is 30.0 Å². The highest BCUT2D eigenvalue weighted by Crippen LogP contribution is 2.16. The normalized spacial score (nSPS) is 19.5. The van der Waals surface area contributed by atoms with Crippen molar-refractivity contribution in [3.8, 4) is 0 Å². The number of aromatic nitrogens is 1. The smallest absolute Gasteiger partial charge is 0.237 e. The molecule has 0 spiro atoms. The number of nitrogens with zero attached hydrogens (tertiary/aromatic N) is 3. The Hall–Kier alpha value is -1.51. The fourth-order valence-electron chi connectivity index (χ4n) is 2.77. The molecule has 1 saturated heterocycles. The molecule has 1 aliphatic heterocycles.